The van der Waals surface area contributed by atoms with E-state index in [1.54, 1.807) is 0 Å². The van der Waals surface area contributed by atoms with Gasteiger partial charge in [-0.2, -0.15) is 22.0 Å². The smallest absolute Gasteiger partial charge is 0.463 e. The number of amides is 1. The predicted octanol–water partition coefficient (Wildman–Crippen LogP) is 2.19. The maximum Gasteiger partial charge on any atom is 0.463 e. The number of nitrogens with one attached hydrogen (secondary N) is 1. The van der Waals surface area contributed by atoms with E-state index in [-0.39, 0.29) is 0 Å². The molecule has 0 aromatic heterocycles. The first kappa shape index (κ1) is 17.6. The van der Waals surface area contributed by atoms with E-state index in [4.69, 9.17) is 5.11 Å². The van der Waals surface area contributed by atoms with E-state index < -0.39 is 41.9 Å². The number of rotatable bonds is 4. The highest BCUT2D eigenvalue weighted by Crippen LogP contribution is 2.36. The van der Waals surface area contributed by atoms with E-state index in [0.717, 1.165) is 0 Å². The molecule has 0 saturated heterocycles. The van der Waals surface area contributed by atoms with Gasteiger partial charge in [0.2, 0.25) is 0 Å². The van der Waals surface area contributed by atoms with Crippen LogP contribution in [0.1, 0.15) is 27.2 Å². The summed E-state index contributed by atoms with van der Waals surface area (Å²) < 4.78 is 61.3. The van der Waals surface area contributed by atoms with Crippen molar-refractivity contribution in [2.45, 2.75) is 45.3 Å². The van der Waals surface area contributed by atoms with Crippen molar-refractivity contribution in [2.75, 3.05) is 0 Å². The minimum absolute atomic E-state index is 0.761. The van der Waals surface area contributed by atoms with Gasteiger partial charge >= 0.3 is 24.0 Å². The molecule has 0 fully saturated rings. The molecule has 2 N–H and O–H groups in total. The van der Waals surface area contributed by atoms with E-state index >= 15 is 0 Å². The van der Waals surface area contributed by atoms with Gasteiger partial charge < -0.3 is 10.4 Å². The Balaban J connectivity index is 5.07. The van der Waals surface area contributed by atoms with Crippen LogP contribution in [0, 0.1) is 5.41 Å². The molecular weight excluding hydrogens is 277 g/mol. The third kappa shape index (κ3) is 4.64. The molecule has 0 saturated carbocycles. The van der Waals surface area contributed by atoms with E-state index in [1.807, 2.05) is 0 Å². The predicted molar refractivity (Wildman–Crippen MR) is 54.6 cm³/mol. The summed E-state index contributed by atoms with van der Waals surface area (Å²) >= 11 is 0. The van der Waals surface area contributed by atoms with Crippen LogP contribution in [0.25, 0.3) is 0 Å². The molecule has 0 aromatic rings. The number of hydrogen-bond donors (Lipinski definition) is 2. The second-order valence-corrected chi connectivity index (χ2v) is 5.06. The Morgan fingerprint density at radius 1 is 1.11 bits per heavy atom. The number of carbonyl (C=O) groups is 2. The number of halogens is 5. The molecule has 1 atom stereocenters. The minimum Gasteiger partial charge on any atom is -0.481 e. The standard InChI is InChI=1S/C10H14F5NO3/c1-8(2,3)5(4-6(17)18)16-7(19)9(11,12)10(13,14)15/h5H,4H2,1-3H3,(H,16,19)(H,17,18). The molecule has 19 heavy (non-hydrogen) atoms. The first-order chi connectivity index (χ1) is 8.19. The number of hydrogen-bond acceptors (Lipinski definition) is 2. The molecule has 0 heterocycles. The highest BCUT2D eigenvalue weighted by Gasteiger charge is 2.63. The summed E-state index contributed by atoms with van der Waals surface area (Å²) in [6, 6.07) is -1.36. The van der Waals surface area contributed by atoms with Crippen LogP contribution in [0.2, 0.25) is 0 Å². The molecule has 0 aromatic carbocycles. The van der Waals surface area contributed by atoms with Gasteiger partial charge in [-0.1, -0.05) is 20.8 Å². The minimum atomic E-state index is -6.03. The van der Waals surface area contributed by atoms with Crippen molar-refractivity contribution in [1.82, 2.24) is 5.32 Å². The average molecular weight is 291 g/mol. The molecule has 1 unspecified atom stereocenters. The molecule has 1 amide bonds. The molecule has 0 aliphatic heterocycles. The highest BCUT2D eigenvalue weighted by atomic mass is 19.4. The van der Waals surface area contributed by atoms with Gasteiger partial charge in [0.15, 0.2) is 0 Å². The lowest BCUT2D eigenvalue weighted by atomic mass is 9.84. The average Bonchev–Trinajstić information content (AvgIpc) is 2.12. The second-order valence-electron chi connectivity index (χ2n) is 5.06. The zero-order valence-corrected chi connectivity index (χ0v) is 10.4. The van der Waals surface area contributed by atoms with Crippen molar-refractivity contribution in [3.63, 3.8) is 0 Å². The third-order valence-electron chi connectivity index (χ3n) is 2.37. The quantitative estimate of drug-likeness (QED) is 0.780. The zero-order chi connectivity index (χ0) is 15.6. The fourth-order valence-corrected chi connectivity index (χ4v) is 1.13. The summed E-state index contributed by atoms with van der Waals surface area (Å²) in [6.45, 7) is 4.23. The van der Waals surface area contributed by atoms with E-state index in [1.165, 1.54) is 26.1 Å². The third-order valence-corrected chi connectivity index (χ3v) is 2.37. The summed E-state index contributed by atoms with van der Waals surface area (Å²) in [7, 11) is 0. The maximum absolute atomic E-state index is 12.7. The van der Waals surface area contributed by atoms with Crippen molar-refractivity contribution in [3.05, 3.63) is 0 Å². The fraction of sp³-hybridized carbons (Fsp3) is 0.800. The Morgan fingerprint density at radius 3 is 1.79 bits per heavy atom. The number of carboxylic acid groups (broad SMARTS) is 1. The van der Waals surface area contributed by atoms with Crippen LogP contribution in [-0.2, 0) is 9.59 Å². The number of carbonyl (C=O) groups excluding carboxylic acids is 1. The van der Waals surface area contributed by atoms with Gasteiger partial charge in [-0.3, -0.25) is 9.59 Å². The maximum atomic E-state index is 12.7. The molecule has 0 radical (unpaired) electrons. The zero-order valence-electron chi connectivity index (χ0n) is 10.4. The van der Waals surface area contributed by atoms with Gasteiger partial charge in [-0.05, 0) is 5.41 Å². The van der Waals surface area contributed by atoms with Crippen LogP contribution in [0.15, 0.2) is 0 Å². The van der Waals surface area contributed by atoms with Crippen molar-refractivity contribution in [2.24, 2.45) is 5.41 Å². The molecular formula is C10H14F5NO3. The number of aliphatic carboxylic acids is 1. The van der Waals surface area contributed by atoms with Crippen LogP contribution in [0.3, 0.4) is 0 Å². The summed E-state index contributed by atoms with van der Waals surface area (Å²) in [6.07, 6.45) is -6.79. The Bertz CT molecular complexity index is 359. The van der Waals surface area contributed by atoms with Crippen LogP contribution < -0.4 is 5.32 Å². The van der Waals surface area contributed by atoms with Crippen LogP contribution in [0.5, 0.6) is 0 Å². The first-order valence-corrected chi connectivity index (χ1v) is 5.17. The summed E-state index contributed by atoms with van der Waals surface area (Å²) in [5, 5.41) is 10.0. The number of alkyl halides is 5. The Hall–Kier alpha value is -1.41. The lowest BCUT2D eigenvalue weighted by Gasteiger charge is -2.31. The first-order valence-electron chi connectivity index (χ1n) is 5.17. The molecule has 112 valence electrons. The van der Waals surface area contributed by atoms with Gasteiger partial charge in [0.1, 0.15) is 0 Å². The molecule has 0 spiro atoms. The van der Waals surface area contributed by atoms with Crippen LogP contribution >= 0.6 is 0 Å². The highest BCUT2D eigenvalue weighted by molar-refractivity contribution is 5.85. The lowest BCUT2D eigenvalue weighted by Crippen LogP contribution is -2.56. The van der Waals surface area contributed by atoms with Crippen molar-refractivity contribution < 1.29 is 36.6 Å². The summed E-state index contributed by atoms with van der Waals surface area (Å²) in [5.41, 5.74) is -0.990. The van der Waals surface area contributed by atoms with Crippen LogP contribution in [-0.4, -0.2) is 35.1 Å². The summed E-state index contributed by atoms with van der Waals surface area (Å²) in [4.78, 5) is 21.5. The number of carboxylic acids is 1. The fourth-order valence-electron chi connectivity index (χ4n) is 1.13. The monoisotopic (exact) mass is 291 g/mol. The normalized spacial score (nSPS) is 14.9. The SMILES string of the molecule is CC(C)(C)C(CC(=O)O)NC(=O)C(F)(F)C(F)(F)F. The van der Waals surface area contributed by atoms with Gasteiger partial charge in [0.05, 0.1) is 6.42 Å². The van der Waals surface area contributed by atoms with E-state index in [0.29, 0.717) is 0 Å². The van der Waals surface area contributed by atoms with Crippen molar-refractivity contribution in [1.29, 1.82) is 0 Å². The largest absolute Gasteiger partial charge is 0.481 e. The van der Waals surface area contributed by atoms with Gasteiger partial charge in [-0.15, -0.1) is 0 Å². The van der Waals surface area contributed by atoms with E-state index in [9.17, 15) is 31.5 Å². The van der Waals surface area contributed by atoms with Crippen LogP contribution in [0.4, 0.5) is 22.0 Å². The molecule has 0 aliphatic carbocycles. The molecule has 9 heteroatoms. The molecule has 0 rings (SSSR count). The lowest BCUT2D eigenvalue weighted by molar-refractivity contribution is -0.270. The Labute approximate surface area is 106 Å². The molecule has 4 nitrogen and oxygen atoms in total. The molecule has 0 aliphatic rings. The summed E-state index contributed by atoms with van der Waals surface area (Å²) in [5.74, 6) is -9.54. The van der Waals surface area contributed by atoms with Gasteiger partial charge in [0, 0.05) is 6.04 Å². The Morgan fingerprint density at radius 2 is 1.53 bits per heavy atom. The topological polar surface area (TPSA) is 66.4 Å². The van der Waals surface area contributed by atoms with Crippen molar-refractivity contribution in [3.8, 4) is 0 Å². The van der Waals surface area contributed by atoms with Gasteiger partial charge in [-0.25, -0.2) is 0 Å². The van der Waals surface area contributed by atoms with Gasteiger partial charge in [0.25, 0.3) is 0 Å². The molecule has 0 bridgehead atoms. The second kappa shape index (κ2) is 5.30. The van der Waals surface area contributed by atoms with Crippen molar-refractivity contribution >= 4 is 11.9 Å². The Kier molecular flexibility index (Phi) is 4.90. The van der Waals surface area contributed by atoms with E-state index in [2.05, 4.69) is 0 Å².